The zero-order chi connectivity index (χ0) is 24.5. The smallest absolute Gasteiger partial charge is 0.469 e. The van der Waals surface area contributed by atoms with Gasteiger partial charge in [0.05, 0.1) is 13.5 Å². The Morgan fingerprint density at radius 2 is 1.54 bits per heavy atom. The summed E-state index contributed by atoms with van der Waals surface area (Å²) in [6, 6.07) is 17.9. The van der Waals surface area contributed by atoms with Crippen molar-refractivity contribution in [2.75, 3.05) is 19.0 Å². The Morgan fingerprint density at radius 3 is 2.09 bits per heavy atom. The molecule has 4 rings (SSSR count). The molecule has 0 heterocycles. The summed E-state index contributed by atoms with van der Waals surface area (Å²) in [5, 5.41) is 2.42. The van der Waals surface area contributed by atoms with Gasteiger partial charge >= 0.3 is 70.4 Å². The number of carbonyl (C=O) groups excluding carboxylic acids is 2. The summed E-state index contributed by atoms with van der Waals surface area (Å²) in [5.41, 5.74) is 3.18. The number of hydrogen-bond donors (Lipinski definition) is 1. The van der Waals surface area contributed by atoms with E-state index in [2.05, 4.69) is 10.1 Å². The minimum atomic E-state index is -5.36. The van der Waals surface area contributed by atoms with Crippen LogP contribution in [0.4, 0.5) is 23.4 Å². The molecule has 1 aliphatic rings. The van der Waals surface area contributed by atoms with E-state index in [-0.39, 0.29) is 87.1 Å². The summed E-state index contributed by atoms with van der Waals surface area (Å²) in [7, 11) is 1.15. The van der Waals surface area contributed by atoms with Gasteiger partial charge in [0.1, 0.15) is 6.61 Å². The largest absolute Gasteiger partial charge is 1.00 e. The Balaban J connectivity index is 0.00000342. The number of fused-ring (bicyclic) bond motifs is 3. The van der Waals surface area contributed by atoms with Gasteiger partial charge in [-0.2, -0.15) is 0 Å². The van der Waals surface area contributed by atoms with Crippen molar-refractivity contribution in [3.05, 3.63) is 82.9 Å². The van der Waals surface area contributed by atoms with E-state index < -0.39 is 24.5 Å². The Hall–Kier alpha value is -2.11. The standard InChI is InChI=1S/C25H22BF3NO4.K/c1-15-22(26(27,28)29)11-16(13-24(31)33-2)12-23(15)30-25(32)34-14-21-19-9-5-3-7-17(19)18-8-4-6-10-20(18)21;/h3-12,21H,13-14H2,1-2H3,(H,30,32);/q-1;+1. The summed E-state index contributed by atoms with van der Waals surface area (Å²) in [6.07, 6.45) is -1.23. The third kappa shape index (κ3) is 6.00. The Labute approximate surface area is 243 Å². The first kappa shape index (κ1) is 27.5. The Morgan fingerprint density at radius 1 is 0.971 bits per heavy atom. The van der Waals surface area contributed by atoms with Crippen LogP contribution in [-0.4, -0.2) is 32.8 Å². The van der Waals surface area contributed by atoms with Gasteiger partial charge in [-0.15, -0.1) is 5.46 Å². The van der Waals surface area contributed by atoms with E-state index in [9.17, 15) is 22.5 Å². The van der Waals surface area contributed by atoms with Crippen LogP contribution in [0.2, 0.25) is 0 Å². The molecule has 35 heavy (non-hydrogen) atoms. The predicted molar refractivity (Wildman–Crippen MR) is 124 cm³/mol. The molecule has 1 aliphatic carbocycles. The molecule has 176 valence electrons. The van der Waals surface area contributed by atoms with E-state index in [4.69, 9.17) is 4.74 Å². The summed E-state index contributed by atoms with van der Waals surface area (Å²) < 4.78 is 50.8. The molecule has 0 saturated heterocycles. The molecule has 5 nitrogen and oxygen atoms in total. The zero-order valence-corrected chi connectivity index (χ0v) is 22.7. The molecule has 0 radical (unpaired) electrons. The molecule has 0 fully saturated rings. The van der Waals surface area contributed by atoms with Crippen LogP contribution in [0.5, 0.6) is 0 Å². The van der Waals surface area contributed by atoms with Crippen LogP contribution in [0.1, 0.15) is 28.2 Å². The Bertz CT molecular complexity index is 1220. The van der Waals surface area contributed by atoms with Crippen molar-refractivity contribution < 1.29 is 83.4 Å². The van der Waals surface area contributed by atoms with Crippen molar-refractivity contribution in [2.24, 2.45) is 0 Å². The third-order valence-electron chi connectivity index (χ3n) is 6.02. The van der Waals surface area contributed by atoms with Gasteiger partial charge in [-0.05, 0) is 40.8 Å². The number of nitrogens with one attached hydrogen (secondary N) is 1. The van der Waals surface area contributed by atoms with Crippen LogP contribution in [-0.2, 0) is 20.7 Å². The maximum Gasteiger partial charge on any atom is 1.00 e. The first-order chi connectivity index (χ1) is 16.2. The first-order valence-electron chi connectivity index (χ1n) is 10.7. The van der Waals surface area contributed by atoms with Gasteiger partial charge in [0.15, 0.2) is 0 Å². The monoisotopic (exact) mass is 507 g/mol. The van der Waals surface area contributed by atoms with Crippen LogP contribution >= 0.6 is 0 Å². The molecule has 3 aromatic rings. The molecule has 0 aliphatic heterocycles. The van der Waals surface area contributed by atoms with Crippen LogP contribution in [0.15, 0.2) is 60.7 Å². The maximum absolute atomic E-state index is 13.6. The average molecular weight is 507 g/mol. The van der Waals surface area contributed by atoms with Gasteiger partial charge in [-0.3, -0.25) is 10.1 Å². The van der Waals surface area contributed by atoms with E-state index in [0.29, 0.717) is 0 Å². The van der Waals surface area contributed by atoms with Crippen LogP contribution < -0.4 is 62.2 Å². The van der Waals surface area contributed by atoms with Gasteiger partial charge in [0, 0.05) is 11.6 Å². The first-order valence-corrected chi connectivity index (χ1v) is 10.7. The zero-order valence-electron chi connectivity index (χ0n) is 19.6. The van der Waals surface area contributed by atoms with E-state index in [1.807, 2.05) is 48.5 Å². The van der Waals surface area contributed by atoms with E-state index >= 15 is 0 Å². The number of hydrogen-bond acceptors (Lipinski definition) is 4. The molecule has 0 aromatic heterocycles. The number of amides is 1. The average Bonchev–Trinajstić information content (AvgIpc) is 3.12. The second-order valence-electron chi connectivity index (χ2n) is 8.14. The minimum absolute atomic E-state index is 0. The Kier molecular flexibility index (Phi) is 8.87. The molecule has 0 bridgehead atoms. The number of carbonyl (C=O) groups is 2. The van der Waals surface area contributed by atoms with Crippen molar-refractivity contribution in [3.8, 4) is 11.1 Å². The molecule has 0 atom stereocenters. The van der Waals surface area contributed by atoms with Gasteiger partial charge in [0.2, 0.25) is 0 Å². The van der Waals surface area contributed by atoms with Gasteiger partial charge in [0.25, 0.3) is 0 Å². The van der Waals surface area contributed by atoms with Gasteiger partial charge in [-0.25, -0.2) is 4.79 Å². The number of anilines is 1. The normalized spacial score (nSPS) is 12.3. The molecule has 3 aromatic carbocycles. The van der Waals surface area contributed by atoms with Crippen molar-refractivity contribution in [2.45, 2.75) is 19.3 Å². The third-order valence-corrected chi connectivity index (χ3v) is 6.02. The minimum Gasteiger partial charge on any atom is -0.469 e. The number of rotatable bonds is 6. The van der Waals surface area contributed by atoms with Crippen molar-refractivity contribution in [1.29, 1.82) is 0 Å². The van der Waals surface area contributed by atoms with Crippen molar-refractivity contribution in [1.82, 2.24) is 0 Å². The summed E-state index contributed by atoms with van der Waals surface area (Å²) in [6.45, 7) is -4.07. The molecule has 0 saturated carbocycles. The summed E-state index contributed by atoms with van der Waals surface area (Å²) in [5.74, 6) is -0.865. The van der Waals surface area contributed by atoms with Crippen LogP contribution in [0.3, 0.4) is 0 Å². The second kappa shape index (κ2) is 11.3. The predicted octanol–water partition coefficient (Wildman–Crippen LogP) is 2.13. The topological polar surface area (TPSA) is 64.6 Å². The molecular weight excluding hydrogens is 485 g/mol. The fourth-order valence-electron chi connectivity index (χ4n) is 4.35. The molecule has 0 unspecified atom stereocenters. The number of ether oxygens (including phenoxy) is 2. The number of methoxy groups -OCH3 is 1. The van der Waals surface area contributed by atoms with E-state index in [0.717, 1.165) is 35.4 Å². The number of halogens is 3. The fraction of sp³-hybridized carbons (Fsp3) is 0.200. The van der Waals surface area contributed by atoms with Gasteiger partial charge in [-0.1, -0.05) is 60.2 Å². The number of benzene rings is 3. The van der Waals surface area contributed by atoms with E-state index in [1.165, 1.54) is 13.0 Å². The maximum atomic E-state index is 13.6. The quantitative estimate of drug-likeness (QED) is 0.411. The molecule has 1 amide bonds. The van der Waals surface area contributed by atoms with E-state index in [1.54, 1.807) is 0 Å². The summed E-state index contributed by atoms with van der Waals surface area (Å²) in [4.78, 5) is 24.2. The van der Waals surface area contributed by atoms with Gasteiger partial charge < -0.3 is 22.4 Å². The molecule has 0 spiro atoms. The number of esters is 1. The molecule has 1 N–H and O–H groups in total. The van der Waals surface area contributed by atoms with Crippen molar-refractivity contribution in [3.63, 3.8) is 0 Å². The molecule has 10 heteroatoms. The molecular formula is C25H22BF3KNO4. The van der Waals surface area contributed by atoms with Crippen LogP contribution in [0, 0.1) is 6.92 Å². The fourth-order valence-corrected chi connectivity index (χ4v) is 4.35. The van der Waals surface area contributed by atoms with Crippen LogP contribution in [0.25, 0.3) is 11.1 Å². The second-order valence-corrected chi connectivity index (χ2v) is 8.14. The SMILES string of the molecule is COC(=O)Cc1cc(NC(=O)OCC2c3ccccc3-c3ccccc32)c(C)c([B-](F)(F)F)c1.[K+]. The van der Waals surface area contributed by atoms with Crippen molar-refractivity contribution >= 4 is 30.2 Å². The summed E-state index contributed by atoms with van der Waals surface area (Å²) >= 11 is 0.